The van der Waals surface area contributed by atoms with Gasteiger partial charge in [0.1, 0.15) is 0 Å². The molecular weight excluding hydrogens is 442 g/mol. The summed E-state index contributed by atoms with van der Waals surface area (Å²) in [6.07, 6.45) is 1.14. The standard InChI is InChI=1S/C16H20ClN5O3S3/c17-12-3-5-13(6-4-12)28(24,25)22-9-7-21(8-10-22)14(23)2-1-11-26-16-20-19-15(18)27-16/h3-6H,1-2,7-11H2,(H2,18,19). The van der Waals surface area contributed by atoms with Gasteiger partial charge in [0.05, 0.1) is 4.90 Å². The maximum atomic E-state index is 12.7. The van der Waals surface area contributed by atoms with Crippen LogP contribution < -0.4 is 5.73 Å². The zero-order chi connectivity index (χ0) is 20.1. The fourth-order valence-electron chi connectivity index (χ4n) is 2.75. The van der Waals surface area contributed by atoms with Crippen molar-refractivity contribution in [3.8, 4) is 0 Å². The van der Waals surface area contributed by atoms with Crippen molar-refractivity contribution in [2.24, 2.45) is 0 Å². The Labute approximate surface area is 177 Å². The number of amides is 1. The lowest BCUT2D eigenvalue weighted by molar-refractivity contribution is -0.132. The number of thioether (sulfide) groups is 1. The van der Waals surface area contributed by atoms with E-state index in [2.05, 4.69) is 10.2 Å². The molecule has 3 rings (SSSR count). The number of nitrogens with zero attached hydrogens (tertiary/aromatic N) is 4. The predicted molar refractivity (Wildman–Crippen MR) is 111 cm³/mol. The Hall–Kier alpha value is -1.40. The summed E-state index contributed by atoms with van der Waals surface area (Å²) in [5.41, 5.74) is 5.53. The summed E-state index contributed by atoms with van der Waals surface area (Å²) in [4.78, 5) is 14.3. The molecule has 1 aliphatic rings. The van der Waals surface area contributed by atoms with Crippen LogP contribution in [-0.2, 0) is 14.8 Å². The number of hydrogen-bond acceptors (Lipinski definition) is 8. The Morgan fingerprint density at radius 2 is 1.86 bits per heavy atom. The first-order valence-electron chi connectivity index (χ1n) is 8.61. The Morgan fingerprint density at radius 1 is 1.18 bits per heavy atom. The minimum Gasteiger partial charge on any atom is -0.374 e. The number of benzene rings is 1. The summed E-state index contributed by atoms with van der Waals surface area (Å²) in [5, 5.41) is 8.59. The van der Waals surface area contributed by atoms with Crippen LogP contribution in [0, 0.1) is 0 Å². The van der Waals surface area contributed by atoms with E-state index in [-0.39, 0.29) is 23.9 Å². The van der Waals surface area contributed by atoms with Crippen molar-refractivity contribution in [2.45, 2.75) is 22.1 Å². The molecule has 1 aliphatic heterocycles. The Bertz CT molecular complexity index is 912. The number of nitrogens with two attached hydrogens (primary N) is 1. The first-order valence-corrected chi connectivity index (χ1v) is 12.2. The summed E-state index contributed by atoms with van der Waals surface area (Å²) >= 11 is 8.68. The first-order chi connectivity index (χ1) is 13.4. The fraction of sp³-hybridized carbons (Fsp3) is 0.438. The maximum absolute atomic E-state index is 12.7. The van der Waals surface area contributed by atoms with E-state index in [0.717, 1.165) is 10.1 Å². The van der Waals surface area contributed by atoms with Gasteiger partial charge in [0.15, 0.2) is 4.34 Å². The number of piperazine rings is 1. The van der Waals surface area contributed by atoms with Gasteiger partial charge in [-0.15, -0.1) is 10.2 Å². The summed E-state index contributed by atoms with van der Waals surface area (Å²) in [6, 6.07) is 6.11. The molecule has 1 fully saturated rings. The largest absolute Gasteiger partial charge is 0.374 e. The fourth-order valence-corrected chi connectivity index (χ4v) is 5.95. The number of carbonyl (C=O) groups is 1. The third kappa shape index (κ3) is 5.35. The van der Waals surface area contributed by atoms with Gasteiger partial charge in [0.25, 0.3) is 0 Å². The molecule has 1 saturated heterocycles. The van der Waals surface area contributed by atoms with E-state index in [9.17, 15) is 13.2 Å². The average molecular weight is 462 g/mol. The van der Waals surface area contributed by atoms with Crippen LogP contribution in [0.2, 0.25) is 5.02 Å². The van der Waals surface area contributed by atoms with Gasteiger partial charge in [-0.05, 0) is 30.7 Å². The molecule has 0 spiro atoms. The van der Waals surface area contributed by atoms with Crippen LogP contribution >= 0.6 is 34.7 Å². The number of aromatic nitrogens is 2. The smallest absolute Gasteiger partial charge is 0.243 e. The number of anilines is 1. The predicted octanol–water partition coefficient (Wildman–Crippen LogP) is 2.18. The lowest BCUT2D eigenvalue weighted by Crippen LogP contribution is -2.50. The monoisotopic (exact) mass is 461 g/mol. The second-order valence-electron chi connectivity index (χ2n) is 6.10. The molecule has 12 heteroatoms. The van der Waals surface area contributed by atoms with E-state index in [1.54, 1.807) is 17.0 Å². The molecule has 0 aliphatic carbocycles. The molecule has 8 nitrogen and oxygen atoms in total. The summed E-state index contributed by atoms with van der Waals surface area (Å²) < 4.78 is 27.6. The Morgan fingerprint density at radius 3 is 2.46 bits per heavy atom. The van der Waals surface area contributed by atoms with E-state index in [4.69, 9.17) is 17.3 Å². The van der Waals surface area contributed by atoms with Gasteiger partial charge in [-0.2, -0.15) is 4.31 Å². The lowest BCUT2D eigenvalue weighted by Gasteiger charge is -2.34. The van der Waals surface area contributed by atoms with Crippen LogP contribution in [0.5, 0.6) is 0 Å². The number of rotatable bonds is 7. The molecular formula is C16H20ClN5O3S3. The van der Waals surface area contributed by atoms with Gasteiger partial charge < -0.3 is 10.6 Å². The van der Waals surface area contributed by atoms with Crippen LogP contribution in [0.4, 0.5) is 5.13 Å². The molecule has 0 atom stereocenters. The van der Waals surface area contributed by atoms with E-state index in [1.807, 2.05) is 0 Å². The third-order valence-electron chi connectivity index (χ3n) is 4.23. The van der Waals surface area contributed by atoms with Gasteiger partial charge in [-0.25, -0.2) is 8.42 Å². The summed E-state index contributed by atoms with van der Waals surface area (Å²) in [6.45, 7) is 1.36. The van der Waals surface area contributed by atoms with Gasteiger partial charge in [0.2, 0.25) is 21.1 Å². The zero-order valence-electron chi connectivity index (χ0n) is 15.0. The quantitative estimate of drug-likeness (QED) is 0.497. The molecule has 1 aromatic carbocycles. The third-order valence-corrected chi connectivity index (χ3v) is 8.36. The second kappa shape index (κ2) is 9.40. The van der Waals surface area contributed by atoms with Gasteiger partial charge in [-0.1, -0.05) is 34.7 Å². The van der Waals surface area contributed by atoms with Crippen molar-refractivity contribution in [2.75, 3.05) is 37.7 Å². The first kappa shape index (κ1) is 21.3. The van der Waals surface area contributed by atoms with Crippen LogP contribution in [0.1, 0.15) is 12.8 Å². The van der Waals surface area contributed by atoms with Gasteiger partial charge >= 0.3 is 0 Å². The minimum atomic E-state index is -3.57. The molecule has 152 valence electrons. The molecule has 0 bridgehead atoms. The Kier molecular flexibility index (Phi) is 7.15. The van der Waals surface area contributed by atoms with E-state index in [0.29, 0.717) is 36.1 Å². The van der Waals surface area contributed by atoms with Crippen molar-refractivity contribution in [3.05, 3.63) is 29.3 Å². The topological polar surface area (TPSA) is 109 Å². The summed E-state index contributed by atoms with van der Waals surface area (Å²) in [5.74, 6) is 0.798. The molecule has 28 heavy (non-hydrogen) atoms. The highest BCUT2D eigenvalue weighted by molar-refractivity contribution is 8.01. The molecule has 2 aromatic rings. The number of carbonyl (C=O) groups excluding carboxylic acids is 1. The van der Waals surface area contributed by atoms with Crippen LogP contribution in [0.25, 0.3) is 0 Å². The SMILES string of the molecule is Nc1nnc(SCCCC(=O)N2CCN(S(=O)(=O)c3ccc(Cl)cc3)CC2)s1. The molecule has 1 amide bonds. The number of sulfonamides is 1. The molecule has 0 radical (unpaired) electrons. The van der Waals surface area contributed by atoms with Crippen molar-refractivity contribution >= 4 is 55.8 Å². The Balaban J connectivity index is 1.44. The number of halogens is 1. The molecule has 0 saturated carbocycles. The van der Waals surface area contributed by atoms with Crippen LogP contribution in [0.3, 0.4) is 0 Å². The van der Waals surface area contributed by atoms with Crippen molar-refractivity contribution < 1.29 is 13.2 Å². The van der Waals surface area contributed by atoms with E-state index >= 15 is 0 Å². The highest BCUT2D eigenvalue weighted by atomic mass is 35.5. The highest BCUT2D eigenvalue weighted by Gasteiger charge is 2.29. The van der Waals surface area contributed by atoms with Gasteiger partial charge in [-0.3, -0.25) is 4.79 Å². The van der Waals surface area contributed by atoms with E-state index < -0.39 is 10.0 Å². The highest BCUT2D eigenvalue weighted by Crippen LogP contribution is 2.24. The molecule has 2 N–H and O–H groups in total. The minimum absolute atomic E-state index is 0.0425. The number of nitrogen functional groups attached to an aromatic ring is 1. The molecule has 0 unspecified atom stereocenters. The van der Waals surface area contributed by atoms with E-state index in [1.165, 1.54) is 39.5 Å². The zero-order valence-corrected chi connectivity index (χ0v) is 18.2. The maximum Gasteiger partial charge on any atom is 0.243 e. The van der Waals surface area contributed by atoms with Crippen LogP contribution in [0.15, 0.2) is 33.5 Å². The number of hydrogen-bond donors (Lipinski definition) is 1. The summed E-state index contributed by atoms with van der Waals surface area (Å²) in [7, 11) is -3.57. The van der Waals surface area contributed by atoms with Crippen molar-refractivity contribution in [3.63, 3.8) is 0 Å². The van der Waals surface area contributed by atoms with Crippen LogP contribution in [-0.4, -0.2) is 65.7 Å². The lowest BCUT2D eigenvalue weighted by atomic mass is 10.2. The van der Waals surface area contributed by atoms with Crippen molar-refractivity contribution in [1.29, 1.82) is 0 Å². The normalized spacial score (nSPS) is 15.7. The second-order valence-corrected chi connectivity index (χ2v) is 10.8. The average Bonchev–Trinajstić information content (AvgIpc) is 3.10. The molecule has 2 heterocycles. The molecule has 1 aromatic heterocycles. The van der Waals surface area contributed by atoms with Crippen molar-refractivity contribution in [1.82, 2.24) is 19.4 Å². The van der Waals surface area contributed by atoms with Gasteiger partial charge in [0, 0.05) is 43.4 Å².